The number of hydrogen-bond acceptors (Lipinski definition) is 3. The maximum Gasteiger partial charge on any atom is 0.400 e. The van der Waals surface area contributed by atoms with Crippen LogP contribution in [0.4, 0.5) is 18.9 Å². The molecule has 1 aliphatic heterocycles. The van der Waals surface area contributed by atoms with Crippen LogP contribution < -0.4 is 4.90 Å². The highest BCUT2D eigenvalue weighted by atomic mass is 35.5. The summed E-state index contributed by atoms with van der Waals surface area (Å²) in [6, 6.07) is 3.56. The van der Waals surface area contributed by atoms with Gasteiger partial charge in [0.05, 0.1) is 33.0 Å². The summed E-state index contributed by atoms with van der Waals surface area (Å²) >= 11 is 13.5. The molecule has 0 radical (unpaired) electrons. The zero-order chi connectivity index (χ0) is 24.2. The lowest BCUT2D eigenvalue weighted by Gasteiger charge is -2.59. The fraction of sp³-hybridized carbons (Fsp3) is 0.583. The Balaban J connectivity index is 1.38. The van der Waals surface area contributed by atoms with E-state index in [4.69, 9.17) is 23.2 Å². The number of carboxylic acid groups (broad SMARTS) is 1. The zero-order valence-corrected chi connectivity index (χ0v) is 20.1. The fourth-order valence-corrected chi connectivity index (χ4v) is 6.64. The summed E-state index contributed by atoms with van der Waals surface area (Å²) in [6.07, 6.45) is -1.18. The Morgan fingerprint density at radius 1 is 1.18 bits per heavy atom. The van der Waals surface area contributed by atoms with Gasteiger partial charge in [-0.2, -0.15) is 13.2 Å². The number of rotatable bonds is 5. The molecule has 4 fully saturated rings. The predicted octanol–water partition coefficient (Wildman–Crippen LogP) is 6.26. The number of benzene rings is 1. The largest absolute Gasteiger partial charge is 0.481 e. The molecule has 0 unspecified atom stereocenters. The number of alkyl halides is 3. The van der Waals surface area contributed by atoms with Gasteiger partial charge in [-0.3, -0.25) is 9.36 Å². The lowest BCUT2D eigenvalue weighted by atomic mass is 9.57. The summed E-state index contributed by atoms with van der Waals surface area (Å²) in [5.74, 6) is -0.327. The van der Waals surface area contributed by atoms with Gasteiger partial charge in [0.2, 0.25) is 0 Å². The van der Waals surface area contributed by atoms with E-state index in [2.05, 4.69) is 9.88 Å². The van der Waals surface area contributed by atoms with Gasteiger partial charge < -0.3 is 10.0 Å². The number of halogens is 5. The minimum absolute atomic E-state index is 0.00845. The first kappa shape index (κ1) is 22.5. The lowest BCUT2D eigenvalue weighted by molar-refractivity contribution is -0.161. The van der Waals surface area contributed by atoms with Crippen molar-refractivity contribution in [1.82, 2.24) is 9.55 Å². The van der Waals surface area contributed by atoms with Crippen molar-refractivity contribution in [3.05, 3.63) is 39.4 Å². The smallest absolute Gasteiger partial charge is 0.400 e. The van der Waals surface area contributed by atoms with Crippen molar-refractivity contribution in [3.8, 4) is 5.69 Å². The van der Waals surface area contributed by atoms with Gasteiger partial charge in [0, 0.05) is 30.1 Å². The molecule has 5 nitrogen and oxygen atoms in total. The van der Waals surface area contributed by atoms with Gasteiger partial charge in [-0.05, 0) is 57.6 Å². The van der Waals surface area contributed by atoms with Gasteiger partial charge in [0.25, 0.3) is 0 Å². The van der Waals surface area contributed by atoms with E-state index in [0.29, 0.717) is 53.2 Å². The SMILES string of the molecule is Cc1c(C2(C(F)(F)F)CC2)nc(C2CC2)n1-c1c(Cl)ccc(N2CC3(CC(C(=O)O)C3)C2)c1Cl. The first-order chi connectivity index (χ1) is 16.0. The van der Waals surface area contributed by atoms with Crippen molar-refractivity contribution in [1.29, 1.82) is 0 Å². The normalized spacial score (nSPS) is 23.1. The van der Waals surface area contributed by atoms with Crippen LogP contribution in [0, 0.1) is 18.3 Å². The number of nitrogens with zero attached hydrogens (tertiary/aromatic N) is 3. The molecule has 34 heavy (non-hydrogen) atoms. The summed E-state index contributed by atoms with van der Waals surface area (Å²) in [6.45, 7) is 3.09. The highest BCUT2D eigenvalue weighted by Crippen LogP contribution is 2.60. The zero-order valence-electron chi connectivity index (χ0n) is 18.6. The number of imidazole rings is 1. The maximum atomic E-state index is 13.9. The number of aromatic nitrogens is 2. The quantitative estimate of drug-likeness (QED) is 0.512. The Bertz CT molecular complexity index is 1200. The summed E-state index contributed by atoms with van der Waals surface area (Å²) in [4.78, 5) is 17.9. The van der Waals surface area contributed by atoms with Gasteiger partial charge in [-0.1, -0.05) is 23.2 Å². The number of carbonyl (C=O) groups is 1. The van der Waals surface area contributed by atoms with Crippen molar-refractivity contribution in [2.45, 2.75) is 63.0 Å². The first-order valence-corrected chi connectivity index (χ1v) is 12.3. The van der Waals surface area contributed by atoms with Gasteiger partial charge in [-0.15, -0.1) is 0 Å². The molecule has 2 heterocycles. The average molecular weight is 514 g/mol. The highest BCUT2D eigenvalue weighted by molar-refractivity contribution is 6.39. The molecule has 1 aromatic heterocycles. The molecule has 1 saturated heterocycles. The minimum Gasteiger partial charge on any atom is -0.481 e. The van der Waals surface area contributed by atoms with Crippen molar-refractivity contribution in [3.63, 3.8) is 0 Å². The topological polar surface area (TPSA) is 58.4 Å². The number of aliphatic carboxylic acids is 1. The molecule has 2 aromatic rings. The Morgan fingerprint density at radius 3 is 2.35 bits per heavy atom. The molecule has 0 amide bonds. The second-order valence-electron chi connectivity index (χ2n) is 10.6. The predicted molar refractivity (Wildman–Crippen MR) is 122 cm³/mol. The molecule has 0 bridgehead atoms. The third-order valence-corrected chi connectivity index (χ3v) is 8.87. The fourth-order valence-electron chi connectivity index (χ4n) is 5.99. The van der Waals surface area contributed by atoms with E-state index in [-0.39, 0.29) is 35.8 Å². The molecule has 0 atom stereocenters. The van der Waals surface area contributed by atoms with Crippen LogP contribution in [0.5, 0.6) is 0 Å². The van der Waals surface area contributed by atoms with Crippen LogP contribution in [0.1, 0.15) is 61.7 Å². The molecule has 1 spiro atoms. The van der Waals surface area contributed by atoms with Crippen molar-refractivity contribution in [2.75, 3.05) is 18.0 Å². The third kappa shape index (κ3) is 3.13. The molecule has 10 heteroatoms. The third-order valence-electron chi connectivity index (χ3n) is 8.19. The Kier molecular flexibility index (Phi) is 4.68. The number of hydrogen-bond donors (Lipinski definition) is 1. The van der Waals surface area contributed by atoms with Crippen LogP contribution in [0.3, 0.4) is 0 Å². The molecule has 6 rings (SSSR count). The van der Waals surface area contributed by atoms with Crippen LogP contribution in [-0.4, -0.2) is 39.9 Å². The van der Waals surface area contributed by atoms with E-state index in [1.54, 1.807) is 17.6 Å². The molecular formula is C24H24Cl2F3N3O2. The summed E-state index contributed by atoms with van der Waals surface area (Å²) in [5, 5.41) is 9.95. The van der Waals surface area contributed by atoms with Gasteiger partial charge >= 0.3 is 12.1 Å². The van der Waals surface area contributed by atoms with Crippen LogP contribution >= 0.6 is 23.2 Å². The van der Waals surface area contributed by atoms with Crippen LogP contribution in [0.2, 0.25) is 10.0 Å². The average Bonchev–Trinajstić information content (AvgIpc) is 3.59. The number of carboxylic acids is 1. The van der Waals surface area contributed by atoms with Crippen LogP contribution in [0.15, 0.2) is 12.1 Å². The second-order valence-corrected chi connectivity index (χ2v) is 11.4. The van der Waals surface area contributed by atoms with Crippen molar-refractivity contribution >= 4 is 34.9 Å². The first-order valence-electron chi connectivity index (χ1n) is 11.6. The van der Waals surface area contributed by atoms with Crippen molar-refractivity contribution < 1.29 is 23.1 Å². The minimum atomic E-state index is -4.35. The lowest BCUT2D eigenvalue weighted by Crippen LogP contribution is -2.63. The van der Waals surface area contributed by atoms with Gasteiger partial charge in [0.1, 0.15) is 11.2 Å². The Hall–Kier alpha value is -1.93. The van der Waals surface area contributed by atoms with Crippen LogP contribution in [0.25, 0.3) is 5.69 Å². The van der Waals surface area contributed by atoms with E-state index >= 15 is 0 Å². The standard InChI is InChI=1S/C24H24Cl2F3N3O2/c1-12-19(23(6-7-23)24(27,28)29)30-20(13-2-3-13)32(12)18-15(25)4-5-16(17(18)26)31-10-22(11-31)8-14(9-22)21(33)34/h4-5,13-14H,2-3,6-11H2,1H3,(H,33,34). The summed E-state index contributed by atoms with van der Waals surface area (Å²) in [5.41, 5.74) is -0.0856. The Morgan fingerprint density at radius 2 is 1.82 bits per heavy atom. The van der Waals surface area contributed by atoms with Crippen LogP contribution in [-0.2, 0) is 10.2 Å². The van der Waals surface area contributed by atoms with E-state index < -0.39 is 17.6 Å². The molecule has 4 aliphatic rings. The van der Waals surface area contributed by atoms with E-state index in [1.165, 1.54) is 0 Å². The highest BCUT2D eigenvalue weighted by Gasteiger charge is 2.66. The molecule has 3 aliphatic carbocycles. The van der Waals surface area contributed by atoms with Gasteiger partial charge in [-0.25, -0.2) is 4.98 Å². The monoisotopic (exact) mass is 513 g/mol. The number of anilines is 1. The molecular weight excluding hydrogens is 490 g/mol. The second kappa shape index (κ2) is 7.06. The summed E-state index contributed by atoms with van der Waals surface area (Å²) in [7, 11) is 0. The molecule has 3 saturated carbocycles. The summed E-state index contributed by atoms with van der Waals surface area (Å²) < 4.78 is 43.6. The maximum absolute atomic E-state index is 13.9. The molecule has 1 N–H and O–H groups in total. The molecule has 182 valence electrons. The van der Waals surface area contributed by atoms with E-state index in [0.717, 1.165) is 18.5 Å². The van der Waals surface area contributed by atoms with Gasteiger partial charge in [0.15, 0.2) is 0 Å². The molecule has 1 aromatic carbocycles. The van der Waals surface area contributed by atoms with Crippen molar-refractivity contribution in [2.24, 2.45) is 11.3 Å². The van der Waals surface area contributed by atoms with E-state index in [9.17, 15) is 23.1 Å². The Labute approximate surface area is 204 Å². The van der Waals surface area contributed by atoms with E-state index in [1.807, 2.05) is 6.07 Å².